The molecule has 12 nitrogen and oxygen atoms in total. The number of hydrogen-bond donors (Lipinski definition) is 3. The molecule has 0 bridgehead atoms. The molecular weight excluding hydrogens is 973 g/mol. The SMILES string of the molecule is CC/C=C\C/C=C\C/C=C\C/C=C\CCCCCCCCC(=O)OCC(COC1OC(C(=O)O)C(O)C(O)C1OC(=O)CCCCCCC/C=C\C/C=C\CCCCC)OC(=O)CCCCCCCCCCCCCCC. The van der Waals surface area contributed by atoms with Crippen LogP contribution in [0.15, 0.2) is 72.9 Å². The van der Waals surface area contributed by atoms with Crippen LogP contribution in [-0.4, -0.2) is 89.2 Å². The number of unbranched alkanes of at least 4 members (excludes halogenated alkanes) is 26. The summed E-state index contributed by atoms with van der Waals surface area (Å²) < 4.78 is 28.5. The number of aliphatic carboxylic acids is 1. The van der Waals surface area contributed by atoms with E-state index in [0.717, 1.165) is 128 Å². The predicted molar refractivity (Wildman–Crippen MR) is 312 cm³/mol. The van der Waals surface area contributed by atoms with E-state index < -0.39 is 67.3 Å². The summed E-state index contributed by atoms with van der Waals surface area (Å²) in [4.78, 5) is 51.2. The van der Waals surface area contributed by atoms with Crippen molar-refractivity contribution in [1.29, 1.82) is 0 Å². The molecule has 0 amide bonds. The zero-order valence-corrected chi connectivity index (χ0v) is 48.7. The maximum atomic E-state index is 13.2. The van der Waals surface area contributed by atoms with Gasteiger partial charge in [0, 0.05) is 19.3 Å². The molecule has 6 atom stereocenters. The summed E-state index contributed by atoms with van der Waals surface area (Å²) in [5.41, 5.74) is 0. The molecule has 1 aliphatic heterocycles. The number of ether oxygens (including phenoxy) is 5. The number of aliphatic hydroxyl groups excluding tert-OH is 2. The van der Waals surface area contributed by atoms with Crippen LogP contribution in [0.25, 0.3) is 0 Å². The minimum atomic E-state index is -1.91. The molecular formula is C65H110O12. The lowest BCUT2D eigenvalue weighted by Gasteiger charge is -2.40. The van der Waals surface area contributed by atoms with Gasteiger partial charge in [0.25, 0.3) is 0 Å². The lowest BCUT2D eigenvalue weighted by molar-refractivity contribution is -0.301. The Bertz CT molecular complexity index is 1620. The van der Waals surface area contributed by atoms with Crippen LogP contribution in [0.5, 0.6) is 0 Å². The van der Waals surface area contributed by atoms with E-state index in [1.807, 2.05) is 0 Å². The van der Waals surface area contributed by atoms with Gasteiger partial charge in [-0.15, -0.1) is 0 Å². The summed E-state index contributed by atoms with van der Waals surface area (Å²) in [6.07, 6.45) is 54.3. The van der Waals surface area contributed by atoms with Gasteiger partial charge in [0.1, 0.15) is 18.8 Å². The first kappa shape index (κ1) is 71.2. The molecule has 1 fully saturated rings. The molecule has 0 aliphatic carbocycles. The predicted octanol–water partition coefficient (Wildman–Crippen LogP) is 16.1. The first-order valence-electron chi connectivity index (χ1n) is 30.9. The lowest BCUT2D eigenvalue weighted by Crippen LogP contribution is -2.61. The van der Waals surface area contributed by atoms with Gasteiger partial charge < -0.3 is 39.0 Å². The van der Waals surface area contributed by atoms with Crippen molar-refractivity contribution in [1.82, 2.24) is 0 Å². The van der Waals surface area contributed by atoms with E-state index in [4.69, 9.17) is 23.7 Å². The first-order chi connectivity index (χ1) is 37.6. The third-order valence-corrected chi connectivity index (χ3v) is 13.8. The Balaban J connectivity index is 2.68. The molecule has 442 valence electrons. The number of carbonyl (C=O) groups is 4. The summed E-state index contributed by atoms with van der Waals surface area (Å²) in [5, 5.41) is 31.5. The summed E-state index contributed by atoms with van der Waals surface area (Å²) in [6.45, 7) is 5.85. The highest BCUT2D eigenvalue weighted by Gasteiger charge is 2.50. The Hall–Kier alpha value is -3.84. The van der Waals surface area contributed by atoms with Gasteiger partial charge in [-0.05, 0) is 89.9 Å². The fraction of sp³-hybridized carbons (Fsp3) is 0.754. The van der Waals surface area contributed by atoms with Gasteiger partial charge in [0.2, 0.25) is 0 Å². The third kappa shape index (κ3) is 42.7. The molecule has 0 radical (unpaired) electrons. The topological polar surface area (TPSA) is 175 Å². The molecule has 1 rings (SSSR count). The van der Waals surface area contributed by atoms with Gasteiger partial charge in [0.05, 0.1) is 6.61 Å². The number of aliphatic hydroxyl groups is 2. The Morgan fingerprint density at radius 1 is 0.442 bits per heavy atom. The molecule has 77 heavy (non-hydrogen) atoms. The first-order valence-corrected chi connectivity index (χ1v) is 30.9. The smallest absolute Gasteiger partial charge is 0.335 e. The van der Waals surface area contributed by atoms with Crippen LogP contribution in [0, 0.1) is 0 Å². The molecule has 0 aromatic rings. The molecule has 0 aromatic heterocycles. The standard InChI is InChI=1S/C65H110O12/c1-4-7-10-13-16-19-22-25-27-28-29-30-32-34-36-39-42-45-48-51-57(66)73-54-56(75-58(67)52-49-46-43-40-37-33-24-21-18-15-12-9-6-3)55-74-65-63(61(70)60(69)62(77-65)64(71)72)76-59(68)53-50-47-44-41-38-35-31-26-23-20-17-14-11-8-5-2/h7,10,16-17,19-20,25-27,29-31,56,60-63,65,69-70H,4-6,8-9,11-15,18,21-24,28,32-55H2,1-3H3,(H,71,72)/b10-7-,19-16-,20-17-,27-25-,30-29-,31-26-. The summed E-state index contributed by atoms with van der Waals surface area (Å²) >= 11 is 0. The highest BCUT2D eigenvalue weighted by Crippen LogP contribution is 2.26. The van der Waals surface area contributed by atoms with Gasteiger partial charge in [0.15, 0.2) is 24.6 Å². The normalized spacial score (nSPS) is 18.5. The minimum absolute atomic E-state index is 0.0426. The van der Waals surface area contributed by atoms with E-state index in [-0.39, 0.29) is 25.9 Å². The second-order valence-electron chi connectivity index (χ2n) is 21.0. The Kier molecular flexibility index (Phi) is 48.8. The molecule has 1 heterocycles. The van der Waals surface area contributed by atoms with E-state index in [9.17, 15) is 34.5 Å². The van der Waals surface area contributed by atoms with Crippen molar-refractivity contribution in [2.24, 2.45) is 0 Å². The number of esters is 3. The van der Waals surface area contributed by atoms with Crippen LogP contribution < -0.4 is 0 Å². The Morgan fingerprint density at radius 3 is 1.27 bits per heavy atom. The van der Waals surface area contributed by atoms with Crippen LogP contribution in [0.3, 0.4) is 0 Å². The lowest BCUT2D eigenvalue weighted by atomic mass is 9.98. The molecule has 6 unspecified atom stereocenters. The van der Waals surface area contributed by atoms with E-state index >= 15 is 0 Å². The van der Waals surface area contributed by atoms with E-state index in [1.165, 1.54) is 77.0 Å². The number of carboxylic acid groups (broad SMARTS) is 1. The molecule has 12 heteroatoms. The van der Waals surface area contributed by atoms with Crippen LogP contribution in [0.2, 0.25) is 0 Å². The number of hydrogen-bond acceptors (Lipinski definition) is 11. The van der Waals surface area contributed by atoms with Crippen molar-refractivity contribution in [3.8, 4) is 0 Å². The van der Waals surface area contributed by atoms with E-state index in [2.05, 4.69) is 93.7 Å². The Morgan fingerprint density at radius 2 is 0.818 bits per heavy atom. The van der Waals surface area contributed by atoms with Crippen molar-refractivity contribution in [2.45, 2.75) is 302 Å². The van der Waals surface area contributed by atoms with E-state index in [0.29, 0.717) is 19.3 Å². The zero-order valence-electron chi connectivity index (χ0n) is 48.7. The number of carbonyl (C=O) groups excluding carboxylic acids is 3. The second-order valence-corrected chi connectivity index (χ2v) is 21.0. The van der Waals surface area contributed by atoms with Gasteiger partial charge in [-0.1, -0.05) is 229 Å². The maximum absolute atomic E-state index is 13.2. The number of carboxylic acids is 1. The van der Waals surface area contributed by atoms with Crippen LogP contribution in [-0.2, 0) is 42.9 Å². The van der Waals surface area contributed by atoms with Crippen molar-refractivity contribution in [2.75, 3.05) is 13.2 Å². The largest absolute Gasteiger partial charge is 0.479 e. The second kappa shape index (κ2) is 52.8. The van der Waals surface area contributed by atoms with Gasteiger partial charge in [-0.3, -0.25) is 14.4 Å². The molecule has 0 aromatic carbocycles. The quantitative estimate of drug-likeness (QED) is 0.0228. The van der Waals surface area contributed by atoms with Crippen LogP contribution in [0.1, 0.15) is 265 Å². The molecule has 0 spiro atoms. The summed E-state index contributed by atoms with van der Waals surface area (Å²) in [6, 6.07) is 0. The zero-order chi connectivity index (χ0) is 56.1. The van der Waals surface area contributed by atoms with E-state index in [1.54, 1.807) is 0 Å². The summed E-state index contributed by atoms with van der Waals surface area (Å²) in [5.74, 6) is -3.14. The van der Waals surface area contributed by atoms with Crippen LogP contribution in [0.4, 0.5) is 0 Å². The van der Waals surface area contributed by atoms with Gasteiger partial charge >= 0.3 is 23.9 Å². The average Bonchev–Trinajstić information content (AvgIpc) is 3.42. The highest BCUT2D eigenvalue weighted by atomic mass is 16.7. The molecule has 0 saturated carbocycles. The Labute approximate surface area is 468 Å². The average molecular weight is 1080 g/mol. The maximum Gasteiger partial charge on any atom is 0.335 e. The van der Waals surface area contributed by atoms with Gasteiger partial charge in [-0.2, -0.15) is 0 Å². The molecule has 1 aliphatic rings. The fourth-order valence-electron chi connectivity index (χ4n) is 9.04. The van der Waals surface area contributed by atoms with Crippen molar-refractivity contribution < 1.29 is 58.2 Å². The monoisotopic (exact) mass is 1080 g/mol. The third-order valence-electron chi connectivity index (χ3n) is 13.8. The highest BCUT2D eigenvalue weighted by molar-refractivity contribution is 5.74. The van der Waals surface area contributed by atoms with Crippen molar-refractivity contribution >= 4 is 23.9 Å². The minimum Gasteiger partial charge on any atom is -0.479 e. The molecule has 1 saturated heterocycles. The summed E-state index contributed by atoms with van der Waals surface area (Å²) in [7, 11) is 0. The van der Waals surface area contributed by atoms with Crippen molar-refractivity contribution in [3.05, 3.63) is 72.9 Å². The molecule has 3 N–H and O–H groups in total. The van der Waals surface area contributed by atoms with Crippen LogP contribution >= 0.6 is 0 Å². The number of allylic oxidation sites excluding steroid dienone is 12. The van der Waals surface area contributed by atoms with Gasteiger partial charge in [-0.25, -0.2) is 4.79 Å². The fourth-order valence-corrected chi connectivity index (χ4v) is 9.04. The van der Waals surface area contributed by atoms with Crippen molar-refractivity contribution in [3.63, 3.8) is 0 Å². The number of rotatable bonds is 52.